The Balaban J connectivity index is 2.55. The Bertz CT molecular complexity index is 576. The Hall–Kier alpha value is -2.61. The number of benzene rings is 1. The molecule has 0 bridgehead atoms. The highest BCUT2D eigenvalue weighted by atomic mass is 16.5. The Morgan fingerprint density at radius 2 is 2.00 bits per heavy atom. The maximum atomic E-state index is 12.0. The van der Waals surface area contributed by atoms with Crippen LogP contribution in [0.3, 0.4) is 0 Å². The number of carbonyl (C=O) groups excluding carboxylic acids is 3. The van der Waals surface area contributed by atoms with Crippen molar-refractivity contribution < 1.29 is 19.1 Å². The number of carbonyl (C=O) groups is 3. The van der Waals surface area contributed by atoms with Gasteiger partial charge in [0, 0.05) is 18.8 Å². The molecule has 126 valence electrons. The van der Waals surface area contributed by atoms with E-state index in [4.69, 9.17) is 4.74 Å². The van der Waals surface area contributed by atoms with Gasteiger partial charge in [-0.05, 0) is 26.1 Å². The summed E-state index contributed by atoms with van der Waals surface area (Å²) >= 11 is 0. The van der Waals surface area contributed by atoms with E-state index in [-0.39, 0.29) is 12.5 Å². The molecular formula is C15H22N4O4. The number of methoxy groups -OCH3 is 1. The molecule has 0 aliphatic heterocycles. The molecule has 0 unspecified atom stereocenters. The lowest BCUT2D eigenvalue weighted by Gasteiger charge is -2.22. The van der Waals surface area contributed by atoms with Crippen molar-refractivity contribution in [3.05, 3.63) is 24.3 Å². The van der Waals surface area contributed by atoms with Crippen LogP contribution >= 0.6 is 0 Å². The van der Waals surface area contributed by atoms with Crippen LogP contribution in [-0.2, 0) is 9.59 Å². The molecule has 8 nitrogen and oxygen atoms in total. The van der Waals surface area contributed by atoms with Crippen LogP contribution in [0.4, 0.5) is 10.5 Å². The number of hydrogen-bond acceptors (Lipinski definition) is 5. The quantitative estimate of drug-likeness (QED) is 0.704. The van der Waals surface area contributed by atoms with E-state index >= 15 is 0 Å². The first-order chi connectivity index (χ1) is 10.9. The van der Waals surface area contributed by atoms with Crippen LogP contribution in [0.15, 0.2) is 24.3 Å². The number of likely N-dealkylation sites (N-methyl/N-ethyl adjacent to an activating group) is 1. The summed E-state index contributed by atoms with van der Waals surface area (Å²) in [7, 11) is 4.58. The Labute approximate surface area is 135 Å². The molecule has 1 aromatic rings. The monoisotopic (exact) mass is 322 g/mol. The average Bonchev–Trinajstić information content (AvgIpc) is 2.53. The predicted octanol–water partition coefficient (Wildman–Crippen LogP) is 0.410. The van der Waals surface area contributed by atoms with Crippen LogP contribution in [0.2, 0.25) is 0 Å². The zero-order chi connectivity index (χ0) is 17.4. The van der Waals surface area contributed by atoms with Gasteiger partial charge in [-0.3, -0.25) is 19.8 Å². The van der Waals surface area contributed by atoms with Gasteiger partial charge in [0.05, 0.1) is 19.7 Å². The van der Waals surface area contributed by atoms with Crippen molar-refractivity contribution in [1.29, 1.82) is 0 Å². The largest absolute Gasteiger partial charge is 0.497 e. The molecule has 0 spiro atoms. The molecule has 0 saturated carbocycles. The van der Waals surface area contributed by atoms with Gasteiger partial charge in [0.2, 0.25) is 11.8 Å². The van der Waals surface area contributed by atoms with Gasteiger partial charge in [-0.25, -0.2) is 4.79 Å². The smallest absolute Gasteiger partial charge is 0.321 e. The SMILES string of the molecule is CNC(=O)NC(=O)[C@@H](C)N(C)CC(=O)Nc1cccc(OC)c1. The molecule has 3 N–H and O–H groups in total. The van der Waals surface area contributed by atoms with Crippen LogP contribution in [0, 0.1) is 0 Å². The van der Waals surface area contributed by atoms with Gasteiger partial charge in [0.1, 0.15) is 5.75 Å². The number of rotatable bonds is 6. The van der Waals surface area contributed by atoms with E-state index < -0.39 is 18.0 Å². The second-order valence-electron chi connectivity index (χ2n) is 4.94. The summed E-state index contributed by atoms with van der Waals surface area (Å²) in [5.74, 6) is -0.129. The van der Waals surface area contributed by atoms with Gasteiger partial charge < -0.3 is 15.4 Å². The third-order valence-corrected chi connectivity index (χ3v) is 3.25. The lowest BCUT2D eigenvalue weighted by molar-refractivity contribution is -0.125. The zero-order valence-electron chi connectivity index (χ0n) is 13.7. The van der Waals surface area contributed by atoms with Gasteiger partial charge >= 0.3 is 6.03 Å². The van der Waals surface area contributed by atoms with Crippen molar-refractivity contribution >= 4 is 23.5 Å². The number of imide groups is 1. The second-order valence-corrected chi connectivity index (χ2v) is 4.94. The van der Waals surface area contributed by atoms with Crippen molar-refractivity contribution in [2.75, 3.05) is 33.1 Å². The molecule has 1 rings (SSSR count). The number of nitrogens with one attached hydrogen (secondary N) is 3. The van der Waals surface area contributed by atoms with E-state index in [1.54, 1.807) is 45.3 Å². The van der Waals surface area contributed by atoms with Gasteiger partial charge in [-0.15, -0.1) is 0 Å². The molecular weight excluding hydrogens is 300 g/mol. The molecule has 1 atom stereocenters. The molecule has 0 aliphatic rings. The second kappa shape index (κ2) is 8.74. The number of nitrogens with zero attached hydrogens (tertiary/aromatic N) is 1. The fourth-order valence-electron chi connectivity index (χ4n) is 1.74. The summed E-state index contributed by atoms with van der Waals surface area (Å²) in [5, 5.41) is 7.18. The fourth-order valence-corrected chi connectivity index (χ4v) is 1.74. The highest BCUT2D eigenvalue weighted by Gasteiger charge is 2.21. The van der Waals surface area contributed by atoms with Gasteiger partial charge in [-0.2, -0.15) is 0 Å². The summed E-state index contributed by atoms with van der Waals surface area (Å²) in [6.07, 6.45) is 0. The van der Waals surface area contributed by atoms with E-state index in [0.717, 1.165) is 0 Å². The minimum absolute atomic E-state index is 0.000456. The Morgan fingerprint density at radius 3 is 2.61 bits per heavy atom. The molecule has 0 heterocycles. The van der Waals surface area contributed by atoms with Crippen LogP contribution in [0.1, 0.15) is 6.92 Å². The number of hydrogen-bond donors (Lipinski definition) is 3. The van der Waals surface area contributed by atoms with Crippen LogP contribution in [-0.4, -0.2) is 56.5 Å². The van der Waals surface area contributed by atoms with Crippen molar-refractivity contribution in [3.63, 3.8) is 0 Å². The molecule has 0 saturated heterocycles. The molecule has 0 aliphatic carbocycles. The maximum absolute atomic E-state index is 12.0. The fraction of sp³-hybridized carbons (Fsp3) is 0.400. The summed E-state index contributed by atoms with van der Waals surface area (Å²) in [4.78, 5) is 36.5. The third-order valence-electron chi connectivity index (χ3n) is 3.25. The van der Waals surface area contributed by atoms with Crippen molar-refractivity contribution in [2.45, 2.75) is 13.0 Å². The minimum atomic E-state index is -0.636. The normalized spacial score (nSPS) is 11.5. The number of anilines is 1. The van der Waals surface area contributed by atoms with E-state index in [9.17, 15) is 14.4 Å². The van der Waals surface area contributed by atoms with Crippen LogP contribution in [0.5, 0.6) is 5.75 Å². The van der Waals surface area contributed by atoms with Gasteiger partial charge in [0.25, 0.3) is 0 Å². The maximum Gasteiger partial charge on any atom is 0.321 e. The highest BCUT2D eigenvalue weighted by Crippen LogP contribution is 2.16. The molecule has 8 heteroatoms. The summed E-state index contributed by atoms with van der Waals surface area (Å²) in [5.41, 5.74) is 0.602. The van der Waals surface area contributed by atoms with E-state index in [1.165, 1.54) is 11.9 Å². The van der Waals surface area contributed by atoms with Crippen LogP contribution in [0.25, 0.3) is 0 Å². The molecule has 0 fully saturated rings. The summed E-state index contributed by atoms with van der Waals surface area (Å²) in [6.45, 7) is 1.61. The summed E-state index contributed by atoms with van der Waals surface area (Å²) < 4.78 is 5.08. The third kappa shape index (κ3) is 5.95. The molecule has 1 aromatic carbocycles. The van der Waals surface area contributed by atoms with Crippen molar-refractivity contribution in [2.24, 2.45) is 0 Å². The lowest BCUT2D eigenvalue weighted by atomic mass is 10.2. The number of amides is 4. The molecule has 0 radical (unpaired) electrons. The standard InChI is InChI=1S/C15H22N4O4/c1-10(14(21)18-15(22)16-2)19(3)9-13(20)17-11-6-5-7-12(8-11)23-4/h5-8,10H,9H2,1-4H3,(H,17,20)(H2,16,18,21,22)/t10-/m1/s1. The van der Waals surface area contributed by atoms with Gasteiger partial charge in [0.15, 0.2) is 0 Å². The number of ether oxygens (including phenoxy) is 1. The van der Waals surface area contributed by atoms with E-state index in [2.05, 4.69) is 16.0 Å². The topological polar surface area (TPSA) is 99.8 Å². The van der Waals surface area contributed by atoms with Crippen molar-refractivity contribution in [1.82, 2.24) is 15.5 Å². The molecule has 4 amide bonds. The first kappa shape index (κ1) is 18.4. The highest BCUT2D eigenvalue weighted by molar-refractivity contribution is 5.97. The van der Waals surface area contributed by atoms with Gasteiger partial charge in [-0.1, -0.05) is 6.07 Å². The first-order valence-electron chi connectivity index (χ1n) is 7.04. The first-order valence-corrected chi connectivity index (χ1v) is 7.04. The Morgan fingerprint density at radius 1 is 1.30 bits per heavy atom. The van der Waals surface area contributed by atoms with Crippen LogP contribution < -0.4 is 20.7 Å². The average molecular weight is 322 g/mol. The van der Waals surface area contributed by atoms with Crippen molar-refractivity contribution in [3.8, 4) is 5.75 Å². The predicted molar refractivity (Wildman–Crippen MR) is 86.3 cm³/mol. The molecule has 23 heavy (non-hydrogen) atoms. The Kier molecular flexibility index (Phi) is 7.01. The minimum Gasteiger partial charge on any atom is -0.497 e. The lowest BCUT2D eigenvalue weighted by Crippen LogP contribution is -2.49. The summed E-state index contributed by atoms with van der Waals surface area (Å²) in [6, 6.07) is 5.74. The van der Waals surface area contributed by atoms with E-state index in [1.807, 2.05) is 0 Å². The number of urea groups is 1. The van der Waals surface area contributed by atoms with E-state index in [0.29, 0.717) is 11.4 Å². The zero-order valence-corrected chi connectivity index (χ0v) is 13.7. The molecule has 0 aromatic heterocycles.